The van der Waals surface area contributed by atoms with Crippen LogP contribution in [0.4, 0.5) is 17.1 Å². The van der Waals surface area contributed by atoms with Gasteiger partial charge in [-0.3, -0.25) is 0 Å². The van der Waals surface area contributed by atoms with Crippen molar-refractivity contribution in [3.05, 3.63) is 78.4 Å². The Bertz CT molecular complexity index is 906. The van der Waals surface area contributed by atoms with Crippen LogP contribution in [0.25, 0.3) is 0 Å². The molecule has 0 fully saturated rings. The quantitative estimate of drug-likeness (QED) is 0.499. The smallest absolute Gasteiger partial charge is 0.0854 e. The van der Waals surface area contributed by atoms with Crippen LogP contribution in [0.2, 0.25) is 0 Å². The second kappa shape index (κ2) is 7.11. The minimum absolute atomic E-state index is 0.594. The van der Waals surface area contributed by atoms with Crippen LogP contribution in [0, 0.1) is 0 Å². The third-order valence-corrected chi connectivity index (χ3v) is 5.31. The Morgan fingerprint density at radius 3 is 2.44 bits per heavy atom. The third kappa shape index (κ3) is 3.30. The molecule has 1 aliphatic heterocycles. The highest BCUT2D eigenvalue weighted by Crippen LogP contribution is 2.48. The van der Waals surface area contributed by atoms with Crippen molar-refractivity contribution in [3.63, 3.8) is 0 Å². The molecule has 3 aromatic rings. The SMILES string of the molecule is CCN1c2ccccc2Sc2cc(CN=Nc3ccccc3)ccc21. The molecule has 4 heteroatoms. The molecule has 3 nitrogen and oxygen atoms in total. The van der Waals surface area contributed by atoms with Crippen molar-refractivity contribution in [1.82, 2.24) is 0 Å². The lowest BCUT2D eigenvalue weighted by molar-refractivity contribution is 0.941. The van der Waals surface area contributed by atoms with Crippen molar-refractivity contribution < 1.29 is 0 Å². The topological polar surface area (TPSA) is 28.0 Å². The highest BCUT2D eigenvalue weighted by molar-refractivity contribution is 7.99. The molecule has 1 aliphatic rings. The van der Waals surface area contributed by atoms with E-state index in [9.17, 15) is 0 Å². The fourth-order valence-electron chi connectivity index (χ4n) is 3.01. The molecule has 0 aromatic heterocycles. The standard InChI is InChI=1S/C21H19N3S/c1-2-24-18-10-6-7-11-20(18)25-21-14-16(12-13-19(21)24)15-22-23-17-8-4-3-5-9-17/h3-14H,2,15H2,1H3. The van der Waals surface area contributed by atoms with Gasteiger partial charge in [0, 0.05) is 16.3 Å². The molecule has 3 aromatic carbocycles. The van der Waals surface area contributed by atoms with Crippen LogP contribution >= 0.6 is 11.8 Å². The molecule has 0 spiro atoms. The van der Waals surface area contributed by atoms with Crippen LogP contribution < -0.4 is 4.90 Å². The van der Waals surface area contributed by atoms with E-state index < -0.39 is 0 Å². The zero-order valence-electron chi connectivity index (χ0n) is 14.1. The maximum Gasteiger partial charge on any atom is 0.0854 e. The van der Waals surface area contributed by atoms with E-state index in [1.54, 1.807) is 0 Å². The van der Waals surface area contributed by atoms with Crippen LogP contribution in [0.5, 0.6) is 0 Å². The predicted molar refractivity (Wildman–Crippen MR) is 104 cm³/mol. The molecular weight excluding hydrogens is 326 g/mol. The van der Waals surface area contributed by atoms with Crippen LogP contribution in [0.1, 0.15) is 12.5 Å². The van der Waals surface area contributed by atoms with Gasteiger partial charge in [0.2, 0.25) is 0 Å². The van der Waals surface area contributed by atoms with Crippen molar-refractivity contribution >= 4 is 28.8 Å². The molecule has 0 amide bonds. The van der Waals surface area contributed by atoms with E-state index in [0.717, 1.165) is 12.2 Å². The molecule has 0 atom stereocenters. The van der Waals surface area contributed by atoms with E-state index in [-0.39, 0.29) is 0 Å². The number of azo groups is 1. The third-order valence-electron chi connectivity index (χ3n) is 4.20. The number of benzene rings is 3. The summed E-state index contributed by atoms with van der Waals surface area (Å²) in [5, 5.41) is 8.63. The zero-order valence-corrected chi connectivity index (χ0v) is 14.9. The van der Waals surface area contributed by atoms with Crippen LogP contribution in [0.15, 0.2) is 92.8 Å². The molecule has 0 bridgehead atoms. The maximum atomic E-state index is 4.35. The molecule has 0 unspecified atom stereocenters. The molecule has 4 rings (SSSR count). The van der Waals surface area contributed by atoms with Gasteiger partial charge in [-0.2, -0.15) is 10.2 Å². The van der Waals surface area contributed by atoms with Gasteiger partial charge in [0.25, 0.3) is 0 Å². The first-order valence-corrected chi connectivity index (χ1v) is 9.26. The lowest BCUT2D eigenvalue weighted by atomic mass is 10.1. The fourth-order valence-corrected chi connectivity index (χ4v) is 4.17. The molecule has 1 heterocycles. The average Bonchev–Trinajstić information content (AvgIpc) is 2.67. The summed E-state index contributed by atoms with van der Waals surface area (Å²) in [6, 6.07) is 25.0. The van der Waals surface area contributed by atoms with E-state index in [4.69, 9.17) is 0 Å². The summed E-state index contributed by atoms with van der Waals surface area (Å²) in [6.45, 7) is 3.74. The van der Waals surface area contributed by atoms with Crippen LogP contribution in [-0.4, -0.2) is 6.54 Å². The molecule has 0 N–H and O–H groups in total. The number of fused-ring (bicyclic) bond motifs is 2. The molecule has 124 valence electrons. The maximum absolute atomic E-state index is 4.35. The Morgan fingerprint density at radius 2 is 1.60 bits per heavy atom. The monoisotopic (exact) mass is 345 g/mol. The summed E-state index contributed by atoms with van der Waals surface area (Å²) in [4.78, 5) is 4.96. The number of para-hydroxylation sites is 1. The van der Waals surface area contributed by atoms with Gasteiger partial charge in [0.1, 0.15) is 0 Å². The molecule has 0 saturated heterocycles. The Labute approximate surface area is 152 Å². The molecular formula is C21H19N3S. The van der Waals surface area contributed by atoms with Gasteiger partial charge in [-0.05, 0) is 48.9 Å². The first-order chi connectivity index (χ1) is 12.3. The number of hydrogen-bond donors (Lipinski definition) is 0. The molecule has 25 heavy (non-hydrogen) atoms. The van der Waals surface area contributed by atoms with Crippen molar-refractivity contribution in [2.45, 2.75) is 23.3 Å². The highest BCUT2D eigenvalue weighted by Gasteiger charge is 2.21. The van der Waals surface area contributed by atoms with Gasteiger partial charge < -0.3 is 4.90 Å². The van der Waals surface area contributed by atoms with Gasteiger partial charge in [-0.1, -0.05) is 48.2 Å². The van der Waals surface area contributed by atoms with E-state index in [1.807, 2.05) is 42.1 Å². The number of anilines is 2. The second-order valence-electron chi connectivity index (χ2n) is 5.85. The number of rotatable bonds is 4. The highest BCUT2D eigenvalue weighted by atomic mass is 32.2. The molecule has 0 aliphatic carbocycles. The summed E-state index contributed by atoms with van der Waals surface area (Å²) in [5.41, 5.74) is 4.64. The Kier molecular flexibility index (Phi) is 4.53. The lowest BCUT2D eigenvalue weighted by Gasteiger charge is -2.32. The van der Waals surface area contributed by atoms with Crippen LogP contribution in [-0.2, 0) is 6.54 Å². The second-order valence-corrected chi connectivity index (χ2v) is 6.93. The largest absolute Gasteiger partial charge is 0.340 e. The van der Waals surface area contributed by atoms with E-state index >= 15 is 0 Å². The summed E-state index contributed by atoms with van der Waals surface area (Å²) in [6.07, 6.45) is 0. The van der Waals surface area contributed by atoms with Gasteiger partial charge >= 0.3 is 0 Å². The lowest BCUT2D eigenvalue weighted by Crippen LogP contribution is -2.19. The van der Waals surface area contributed by atoms with Gasteiger partial charge in [-0.25, -0.2) is 0 Å². The zero-order chi connectivity index (χ0) is 17.1. The Balaban J connectivity index is 1.58. The Hall–Kier alpha value is -2.59. The summed E-state index contributed by atoms with van der Waals surface area (Å²) >= 11 is 1.83. The normalized spacial score (nSPS) is 12.9. The van der Waals surface area contributed by atoms with E-state index in [1.165, 1.54) is 26.7 Å². The summed E-state index contributed by atoms with van der Waals surface area (Å²) < 4.78 is 0. The van der Waals surface area contributed by atoms with Crippen molar-refractivity contribution in [2.24, 2.45) is 10.2 Å². The molecule has 0 radical (unpaired) electrons. The molecule has 0 saturated carbocycles. The summed E-state index contributed by atoms with van der Waals surface area (Å²) in [5.74, 6) is 0. The van der Waals surface area contributed by atoms with Gasteiger partial charge in [0.05, 0.1) is 23.6 Å². The fraction of sp³-hybridized carbons (Fsp3) is 0.143. The first kappa shape index (κ1) is 15.9. The minimum atomic E-state index is 0.594. The average molecular weight is 345 g/mol. The van der Waals surface area contributed by atoms with Gasteiger partial charge in [0.15, 0.2) is 0 Å². The number of nitrogens with zero attached hydrogens (tertiary/aromatic N) is 3. The van der Waals surface area contributed by atoms with Crippen molar-refractivity contribution in [1.29, 1.82) is 0 Å². The number of hydrogen-bond acceptors (Lipinski definition) is 4. The minimum Gasteiger partial charge on any atom is -0.340 e. The van der Waals surface area contributed by atoms with Crippen molar-refractivity contribution in [2.75, 3.05) is 11.4 Å². The first-order valence-electron chi connectivity index (χ1n) is 8.45. The van der Waals surface area contributed by atoms with Crippen LogP contribution in [0.3, 0.4) is 0 Å². The van der Waals surface area contributed by atoms with Gasteiger partial charge in [-0.15, -0.1) is 0 Å². The summed E-state index contributed by atoms with van der Waals surface area (Å²) in [7, 11) is 0. The Morgan fingerprint density at radius 1 is 0.840 bits per heavy atom. The van der Waals surface area contributed by atoms with Crippen molar-refractivity contribution in [3.8, 4) is 0 Å². The van der Waals surface area contributed by atoms with E-state index in [2.05, 4.69) is 64.5 Å². The predicted octanol–water partition coefficient (Wildman–Crippen LogP) is 6.59. The van der Waals surface area contributed by atoms with E-state index in [0.29, 0.717) is 6.54 Å².